The molecule has 0 radical (unpaired) electrons. The van der Waals surface area contributed by atoms with Crippen LogP contribution in [0.4, 0.5) is 4.39 Å². The fraction of sp³-hybridized carbons (Fsp3) is 0.571. The van der Waals surface area contributed by atoms with Gasteiger partial charge in [0.2, 0.25) is 0 Å². The third kappa shape index (κ3) is 3.51. The summed E-state index contributed by atoms with van der Waals surface area (Å²) in [6.45, 7) is 0.573. The van der Waals surface area contributed by atoms with Crippen LogP contribution in [0, 0.1) is 5.82 Å². The molecule has 17 heavy (non-hydrogen) atoms. The third-order valence-corrected chi connectivity index (χ3v) is 3.45. The molecule has 0 bridgehead atoms. The highest BCUT2D eigenvalue weighted by Crippen LogP contribution is 2.22. The molecule has 2 atom stereocenters. The minimum Gasteiger partial charge on any atom is -0.372 e. The minimum atomic E-state index is -0.195. The summed E-state index contributed by atoms with van der Waals surface area (Å²) in [5, 5.41) is 3.31. The Kier molecular flexibility index (Phi) is 4.51. The summed E-state index contributed by atoms with van der Waals surface area (Å²) in [6.07, 6.45) is 5.12. The Bertz CT molecular complexity index is 339. The van der Waals surface area contributed by atoms with Crippen LogP contribution >= 0.6 is 0 Å². The van der Waals surface area contributed by atoms with Crippen molar-refractivity contribution in [3.63, 3.8) is 0 Å². The van der Waals surface area contributed by atoms with Crippen LogP contribution < -0.4 is 5.32 Å². The highest BCUT2D eigenvalue weighted by atomic mass is 19.1. The Balaban J connectivity index is 1.86. The molecule has 0 aromatic heterocycles. The van der Waals surface area contributed by atoms with E-state index in [9.17, 15) is 4.39 Å². The zero-order chi connectivity index (χ0) is 12.1. The third-order valence-electron chi connectivity index (χ3n) is 3.45. The van der Waals surface area contributed by atoms with Gasteiger partial charge in [0.1, 0.15) is 5.82 Å². The number of ether oxygens (including phenoxy) is 1. The van der Waals surface area contributed by atoms with E-state index in [-0.39, 0.29) is 5.82 Å². The van der Waals surface area contributed by atoms with E-state index >= 15 is 0 Å². The molecule has 1 saturated carbocycles. The second-order valence-electron chi connectivity index (χ2n) is 4.66. The van der Waals surface area contributed by atoms with Crippen molar-refractivity contribution >= 4 is 0 Å². The fourth-order valence-corrected chi connectivity index (χ4v) is 2.41. The predicted molar refractivity (Wildman–Crippen MR) is 66.3 cm³/mol. The summed E-state index contributed by atoms with van der Waals surface area (Å²) in [5.74, 6) is -0.195. The van der Waals surface area contributed by atoms with Gasteiger partial charge in [0.15, 0.2) is 0 Å². The van der Waals surface area contributed by atoms with Gasteiger partial charge in [-0.25, -0.2) is 4.39 Å². The quantitative estimate of drug-likeness (QED) is 0.869. The highest BCUT2D eigenvalue weighted by molar-refractivity contribution is 5.15. The number of likely N-dealkylation sites (N-methyl/N-ethyl adjacent to an activating group) is 1. The summed E-state index contributed by atoms with van der Waals surface area (Å²) in [7, 11) is 1.99. The lowest BCUT2D eigenvalue weighted by atomic mass is 9.92. The van der Waals surface area contributed by atoms with E-state index in [2.05, 4.69) is 5.32 Å². The molecule has 1 aromatic carbocycles. The molecular formula is C14H20FNO. The molecule has 1 aliphatic carbocycles. The highest BCUT2D eigenvalue weighted by Gasteiger charge is 2.24. The van der Waals surface area contributed by atoms with Gasteiger partial charge in [-0.1, -0.05) is 25.0 Å². The maximum Gasteiger partial charge on any atom is 0.123 e. The summed E-state index contributed by atoms with van der Waals surface area (Å²) >= 11 is 0. The molecule has 2 nitrogen and oxygen atoms in total. The summed E-state index contributed by atoms with van der Waals surface area (Å²) in [6, 6.07) is 6.99. The van der Waals surface area contributed by atoms with E-state index in [0.29, 0.717) is 18.8 Å². The van der Waals surface area contributed by atoms with E-state index in [1.165, 1.54) is 31.4 Å². The largest absolute Gasteiger partial charge is 0.372 e. The average molecular weight is 237 g/mol. The molecule has 0 aliphatic heterocycles. The predicted octanol–water partition coefficient (Wildman–Crippen LogP) is 2.87. The first-order chi connectivity index (χ1) is 8.29. The van der Waals surface area contributed by atoms with Crippen molar-refractivity contribution in [2.45, 2.75) is 44.4 Å². The molecular weight excluding hydrogens is 217 g/mol. The molecule has 1 N–H and O–H groups in total. The van der Waals surface area contributed by atoms with E-state index in [0.717, 1.165) is 12.0 Å². The first-order valence-electron chi connectivity index (χ1n) is 6.33. The van der Waals surface area contributed by atoms with Crippen LogP contribution in [0.5, 0.6) is 0 Å². The van der Waals surface area contributed by atoms with Crippen LogP contribution in [0.3, 0.4) is 0 Å². The standard InChI is InChI=1S/C14H20FNO/c1-16-13-4-2-3-5-14(13)17-10-11-6-8-12(15)9-7-11/h6-9,13-14,16H,2-5,10H2,1H3. The van der Waals surface area contributed by atoms with Gasteiger partial charge in [-0.05, 0) is 37.6 Å². The Morgan fingerprint density at radius 1 is 1.24 bits per heavy atom. The van der Waals surface area contributed by atoms with Crippen LogP contribution in [-0.4, -0.2) is 19.2 Å². The molecule has 2 unspecified atom stereocenters. The van der Waals surface area contributed by atoms with Gasteiger partial charge in [0.05, 0.1) is 12.7 Å². The summed E-state index contributed by atoms with van der Waals surface area (Å²) in [5.41, 5.74) is 1.03. The van der Waals surface area contributed by atoms with Gasteiger partial charge >= 0.3 is 0 Å². The molecule has 1 aromatic rings. The first kappa shape index (κ1) is 12.5. The first-order valence-corrected chi connectivity index (χ1v) is 6.33. The van der Waals surface area contributed by atoms with Crippen LogP contribution in [-0.2, 0) is 11.3 Å². The molecule has 0 amide bonds. The molecule has 0 spiro atoms. The number of nitrogens with one attached hydrogen (secondary N) is 1. The number of hydrogen-bond acceptors (Lipinski definition) is 2. The lowest BCUT2D eigenvalue weighted by Crippen LogP contribution is -2.41. The molecule has 3 heteroatoms. The summed E-state index contributed by atoms with van der Waals surface area (Å²) in [4.78, 5) is 0. The molecule has 0 heterocycles. The maximum absolute atomic E-state index is 12.7. The lowest BCUT2D eigenvalue weighted by Gasteiger charge is -2.31. The van der Waals surface area contributed by atoms with Crippen LogP contribution in [0.15, 0.2) is 24.3 Å². The van der Waals surface area contributed by atoms with Crippen LogP contribution in [0.2, 0.25) is 0 Å². The van der Waals surface area contributed by atoms with Gasteiger partial charge in [0, 0.05) is 6.04 Å². The number of halogens is 1. The van der Waals surface area contributed by atoms with Gasteiger partial charge in [0.25, 0.3) is 0 Å². The average Bonchev–Trinajstić information content (AvgIpc) is 2.38. The van der Waals surface area contributed by atoms with Crippen molar-refractivity contribution in [1.82, 2.24) is 5.32 Å². The maximum atomic E-state index is 12.7. The zero-order valence-corrected chi connectivity index (χ0v) is 10.3. The summed E-state index contributed by atoms with van der Waals surface area (Å²) < 4.78 is 18.7. The zero-order valence-electron chi connectivity index (χ0n) is 10.3. The molecule has 0 saturated heterocycles. The molecule has 94 valence electrons. The second kappa shape index (κ2) is 6.12. The van der Waals surface area contributed by atoms with E-state index in [1.807, 2.05) is 7.05 Å². The smallest absolute Gasteiger partial charge is 0.123 e. The van der Waals surface area contributed by atoms with Gasteiger partial charge in [-0.3, -0.25) is 0 Å². The van der Waals surface area contributed by atoms with Gasteiger partial charge < -0.3 is 10.1 Å². The Hall–Kier alpha value is -0.930. The number of hydrogen-bond donors (Lipinski definition) is 1. The fourth-order valence-electron chi connectivity index (χ4n) is 2.41. The topological polar surface area (TPSA) is 21.3 Å². The van der Waals surface area contributed by atoms with Crippen molar-refractivity contribution in [3.8, 4) is 0 Å². The van der Waals surface area contributed by atoms with E-state index < -0.39 is 0 Å². The van der Waals surface area contributed by atoms with Crippen molar-refractivity contribution in [2.24, 2.45) is 0 Å². The Morgan fingerprint density at radius 2 is 1.94 bits per heavy atom. The number of rotatable bonds is 4. The van der Waals surface area contributed by atoms with Crippen molar-refractivity contribution in [3.05, 3.63) is 35.6 Å². The van der Waals surface area contributed by atoms with Crippen LogP contribution in [0.1, 0.15) is 31.2 Å². The molecule has 2 rings (SSSR count). The van der Waals surface area contributed by atoms with E-state index in [4.69, 9.17) is 4.74 Å². The van der Waals surface area contributed by atoms with E-state index in [1.54, 1.807) is 12.1 Å². The van der Waals surface area contributed by atoms with Crippen molar-refractivity contribution in [1.29, 1.82) is 0 Å². The molecule has 1 aliphatic rings. The van der Waals surface area contributed by atoms with Crippen molar-refractivity contribution in [2.75, 3.05) is 7.05 Å². The molecule has 1 fully saturated rings. The lowest BCUT2D eigenvalue weighted by molar-refractivity contribution is -0.00362. The monoisotopic (exact) mass is 237 g/mol. The van der Waals surface area contributed by atoms with Crippen molar-refractivity contribution < 1.29 is 9.13 Å². The van der Waals surface area contributed by atoms with Gasteiger partial charge in [-0.15, -0.1) is 0 Å². The van der Waals surface area contributed by atoms with Gasteiger partial charge in [-0.2, -0.15) is 0 Å². The number of benzene rings is 1. The normalized spacial score (nSPS) is 24.8. The Labute approximate surface area is 102 Å². The second-order valence-corrected chi connectivity index (χ2v) is 4.66. The Morgan fingerprint density at radius 3 is 2.65 bits per heavy atom. The SMILES string of the molecule is CNC1CCCCC1OCc1ccc(F)cc1. The minimum absolute atomic E-state index is 0.195. The van der Waals surface area contributed by atoms with Crippen LogP contribution in [0.25, 0.3) is 0 Å².